The number of thiazole rings is 1. The van der Waals surface area contributed by atoms with Crippen molar-refractivity contribution in [2.45, 2.75) is 13.3 Å². The Kier molecular flexibility index (Phi) is 7.20. The van der Waals surface area contributed by atoms with E-state index in [0.717, 1.165) is 16.3 Å². The summed E-state index contributed by atoms with van der Waals surface area (Å²) in [6, 6.07) is 7.36. The van der Waals surface area contributed by atoms with Crippen molar-refractivity contribution >= 4 is 48.0 Å². The Labute approximate surface area is 156 Å². The summed E-state index contributed by atoms with van der Waals surface area (Å²) >= 11 is 1.55. The average molecular weight is 389 g/mol. The Balaban J connectivity index is 0.00000144. The van der Waals surface area contributed by atoms with Gasteiger partial charge in [-0.3, -0.25) is 9.59 Å². The number of aliphatic carboxylic acids is 1. The van der Waals surface area contributed by atoms with Crippen molar-refractivity contribution in [2.24, 2.45) is 5.92 Å². The molecule has 1 aliphatic rings. The van der Waals surface area contributed by atoms with Crippen LogP contribution < -0.4 is 0 Å². The largest absolute Gasteiger partial charge is 0.481 e. The van der Waals surface area contributed by atoms with Crippen molar-refractivity contribution in [3.05, 3.63) is 40.9 Å². The minimum Gasteiger partial charge on any atom is -0.481 e. The number of aromatic nitrogens is 1. The quantitative estimate of drug-likeness (QED) is 0.872. The summed E-state index contributed by atoms with van der Waals surface area (Å²) in [6.07, 6.45) is 0.520. The highest BCUT2D eigenvalue weighted by Crippen LogP contribution is 2.25. The van der Waals surface area contributed by atoms with E-state index in [1.54, 1.807) is 22.3 Å². The summed E-state index contributed by atoms with van der Waals surface area (Å²) in [4.78, 5) is 29.6. The number of carbonyl (C=O) groups is 2. The summed E-state index contributed by atoms with van der Waals surface area (Å²) in [5.41, 5.74) is 2.45. The fraction of sp³-hybridized carbons (Fsp3) is 0.312. The first-order valence-electron chi connectivity index (χ1n) is 7.09. The highest BCUT2D eigenvalue weighted by Gasteiger charge is 2.31. The van der Waals surface area contributed by atoms with E-state index in [0.29, 0.717) is 18.5 Å². The second-order valence-electron chi connectivity index (χ2n) is 5.45. The van der Waals surface area contributed by atoms with Gasteiger partial charge in [0, 0.05) is 35.3 Å². The van der Waals surface area contributed by atoms with Gasteiger partial charge in [-0.15, -0.1) is 36.2 Å². The zero-order valence-electron chi connectivity index (χ0n) is 13.0. The number of aryl methyl sites for hydroxylation is 1. The van der Waals surface area contributed by atoms with E-state index >= 15 is 0 Å². The predicted octanol–water partition coefficient (Wildman–Crippen LogP) is 3.51. The molecule has 1 aromatic heterocycles. The van der Waals surface area contributed by atoms with Crippen LogP contribution in [0.15, 0.2) is 29.6 Å². The minimum atomic E-state index is -0.831. The van der Waals surface area contributed by atoms with Crippen LogP contribution in [0.1, 0.15) is 22.5 Å². The van der Waals surface area contributed by atoms with E-state index in [-0.39, 0.29) is 37.3 Å². The number of halogens is 2. The molecule has 0 bridgehead atoms. The lowest BCUT2D eigenvalue weighted by Gasteiger charge is -2.16. The maximum atomic E-state index is 12.5. The Bertz CT molecular complexity index is 736. The van der Waals surface area contributed by atoms with Crippen molar-refractivity contribution in [3.8, 4) is 10.6 Å². The number of hydrogen-bond donors (Lipinski definition) is 1. The highest BCUT2D eigenvalue weighted by molar-refractivity contribution is 7.13. The van der Waals surface area contributed by atoms with Crippen LogP contribution in [0.3, 0.4) is 0 Å². The van der Waals surface area contributed by atoms with Crippen LogP contribution in [-0.2, 0) is 4.79 Å². The zero-order chi connectivity index (χ0) is 15.7. The number of amides is 1. The third kappa shape index (κ3) is 4.26. The standard InChI is InChI=1S/C16H16N2O3S.2ClH/c1-10-9-22-14(17-10)11-3-2-4-12(7-11)15(19)18-6-5-13(8-18)16(20)21;;/h2-4,7,9,13H,5-6,8H2,1H3,(H,20,21);2*1H. The molecule has 1 N–H and O–H groups in total. The summed E-state index contributed by atoms with van der Waals surface area (Å²) < 4.78 is 0. The van der Waals surface area contributed by atoms with Gasteiger partial charge < -0.3 is 10.0 Å². The Morgan fingerprint density at radius 1 is 1.33 bits per heavy atom. The second kappa shape index (κ2) is 8.46. The van der Waals surface area contributed by atoms with E-state index in [9.17, 15) is 9.59 Å². The molecule has 1 amide bonds. The molecule has 1 unspecified atom stereocenters. The number of carboxylic acids is 1. The molecule has 0 saturated carbocycles. The van der Waals surface area contributed by atoms with Gasteiger partial charge in [0.05, 0.1) is 5.92 Å². The van der Waals surface area contributed by atoms with Crippen LogP contribution in [0.2, 0.25) is 0 Å². The molecule has 2 heterocycles. The van der Waals surface area contributed by atoms with E-state index in [2.05, 4.69) is 4.98 Å². The molecule has 0 radical (unpaired) electrons. The van der Waals surface area contributed by atoms with E-state index in [4.69, 9.17) is 5.11 Å². The van der Waals surface area contributed by atoms with Crippen molar-refractivity contribution in [2.75, 3.05) is 13.1 Å². The predicted molar refractivity (Wildman–Crippen MR) is 98.4 cm³/mol. The lowest BCUT2D eigenvalue weighted by atomic mass is 10.1. The van der Waals surface area contributed by atoms with Gasteiger partial charge in [-0.05, 0) is 25.5 Å². The van der Waals surface area contributed by atoms with Crippen LogP contribution in [0.25, 0.3) is 10.6 Å². The normalized spacial score (nSPS) is 16.2. The first-order valence-corrected chi connectivity index (χ1v) is 7.97. The van der Waals surface area contributed by atoms with Crippen molar-refractivity contribution < 1.29 is 14.7 Å². The number of benzene rings is 1. The maximum absolute atomic E-state index is 12.5. The number of likely N-dealkylation sites (tertiary alicyclic amines) is 1. The molecule has 0 spiro atoms. The lowest BCUT2D eigenvalue weighted by Crippen LogP contribution is -2.29. The SMILES string of the molecule is Cc1csc(-c2cccc(C(=O)N3CCC(C(=O)O)C3)c2)n1.Cl.Cl. The Morgan fingerprint density at radius 3 is 2.67 bits per heavy atom. The summed E-state index contributed by atoms with van der Waals surface area (Å²) in [6.45, 7) is 2.72. The monoisotopic (exact) mass is 388 g/mol. The molecule has 1 fully saturated rings. The summed E-state index contributed by atoms with van der Waals surface area (Å²) in [7, 11) is 0. The van der Waals surface area contributed by atoms with Crippen molar-refractivity contribution in [1.29, 1.82) is 0 Å². The Morgan fingerprint density at radius 2 is 2.08 bits per heavy atom. The third-order valence-corrected chi connectivity index (χ3v) is 4.81. The van der Waals surface area contributed by atoms with Gasteiger partial charge in [-0.2, -0.15) is 0 Å². The molecule has 1 aromatic carbocycles. The van der Waals surface area contributed by atoms with E-state index < -0.39 is 11.9 Å². The highest BCUT2D eigenvalue weighted by atomic mass is 35.5. The van der Waals surface area contributed by atoms with E-state index in [1.165, 1.54) is 0 Å². The van der Waals surface area contributed by atoms with Crippen LogP contribution in [-0.4, -0.2) is 40.0 Å². The van der Waals surface area contributed by atoms with Crippen molar-refractivity contribution in [3.63, 3.8) is 0 Å². The molecule has 8 heteroatoms. The first-order chi connectivity index (χ1) is 10.5. The van der Waals surface area contributed by atoms with Gasteiger partial charge >= 0.3 is 5.97 Å². The van der Waals surface area contributed by atoms with Crippen molar-refractivity contribution in [1.82, 2.24) is 9.88 Å². The summed E-state index contributed by atoms with van der Waals surface area (Å²) in [5, 5.41) is 11.9. The number of carboxylic acid groups (broad SMARTS) is 1. The van der Waals surface area contributed by atoms with Crippen LogP contribution in [0.5, 0.6) is 0 Å². The Hall–Kier alpha value is -1.63. The number of rotatable bonds is 3. The smallest absolute Gasteiger partial charge is 0.308 e. The molecule has 1 saturated heterocycles. The maximum Gasteiger partial charge on any atom is 0.308 e. The third-order valence-electron chi connectivity index (χ3n) is 3.80. The van der Waals surface area contributed by atoms with Crippen LogP contribution in [0.4, 0.5) is 0 Å². The fourth-order valence-electron chi connectivity index (χ4n) is 2.60. The molecule has 5 nitrogen and oxygen atoms in total. The van der Waals surface area contributed by atoms with Gasteiger partial charge in [0.2, 0.25) is 0 Å². The molecule has 24 heavy (non-hydrogen) atoms. The number of hydrogen-bond acceptors (Lipinski definition) is 4. The molecule has 3 rings (SSSR count). The number of nitrogens with zero attached hydrogens (tertiary/aromatic N) is 2. The zero-order valence-corrected chi connectivity index (χ0v) is 15.4. The second-order valence-corrected chi connectivity index (χ2v) is 6.31. The van der Waals surface area contributed by atoms with Gasteiger partial charge in [0.25, 0.3) is 5.91 Å². The first kappa shape index (κ1) is 20.4. The molecule has 0 aliphatic carbocycles. The molecule has 2 aromatic rings. The molecule has 1 atom stereocenters. The van der Waals surface area contributed by atoms with Crippen LogP contribution >= 0.6 is 36.2 Å². The van der Waals surface area contributed by atoms with E-state index in [1.807, 2.05) is 30.5 Å². The minimum absolute atomic E-state index is 0. The number of carbonyl (C=O) groups excluding carboxylic acids is 1. The molecular weight excluding hydrogens is 371 g/mol. The molecular formula is C16H18Cl2N2O3S. The molecule has 1 aliphatic heterocycles. The van der Waals surface area contributed by atoms with Crippen LogP contribution in [0, 0.1) is 12.8 Å². The molecule has 130 valence electrons. The van der Waals surface area contributed by atoms with Gasteiger partial charge in [-0.1, -0.05) is 12.1 Å². The topological polar surface area (TPSA) is 70.5 Å². The van der Waals surface area contributed by atoms with Gasteiger partial charge in [0.15, 0.2) is 0 Å². The fourth-order valence-corrected chi connectivity index (χ4v) is 3.40. The van der Waals surface area contributed by atoms with Gasteiger partial charge in [0.1, 0.15) is 5.01 Å². The van der Waals surface area contributed by atoms with Gasteiger partial charge in [-0.25, -0.2) is 4.98 Å². The average Bonchev–Trinajstić information content (AvgIpc) is 3.15. The lowest BCUT2D eigenvalue weighted by molar-refractivity contribution is -0.141. The summed E-state index contributed by atoms with van der Waals surface area (Å²) in [5.74, 6) is -1.39.